The van der Waals surface area contributed by atoms with Crippen LogP contribution < -0.4 is 0 Å². The molecule has 0 aromatic heterocycles. The Kier molecular flexibility index (Phi) is 75.6. The summed E-state index contributed by atoms with van der Waals surface area (Å²) in [7, 11) is -9.81. The number of hydrogen-bond donors (Lipinski definition) is 4. The number of aliphatic hydroxyl groups is 2. The highest BCUT2D eigenvalue weighted by Crippen LogP contribution is 2.45. The minimum absolute atomic E-state index is 0.0818. The average molecular weight is 1510 g/mol. The lowest BCUT2D eigenvalue weighted by molar-refractivity contribution is -0.161. The van der Waals surface area contributed by atoms with Gasteiger partial charge in [-0.15, -0.1) is 0 Å². The Bertz CT molecular complexity index is 2490. The van der Waals surface area contributed by atoms with Crippen LogP contribution in [0.15, 0.2) is 146 Å². The van der Waals surface area contributed by atoms with Crippen molar-refractivity contribution in [3.05, 3.63) is 146 Å². The van der Waals surface area contributed by atoms with Crippen molar-refractivity contribution in [2.45, 2.75) is 347 Å². The normalized spacial score (nSPS) is 14.7. The summed E-state index contributed by atoms with van der Waals surface area (Å²) in [5.41, 5.74) is 0. The number of carbonyl (C=O) groups is 3. The topological polar surface area (TPSA) is 231 Å². The molecule has 0 amide bonds. The van der Waals surface area contributed by atoms with E-state index in [0.717, 1.165) is 154 Å². The van der Waals surface area contributed by atoms with Gasteiger partial charge < -0.3 is 34.2 Å². The molecule has 0 heterocycles. The van der Waals surface area contributed by atoms with Gasteiger partial charge in [-0.2, -0.15) is 0 Å². The first-order valence-corrected chi connectivity index (χ1v) is 44.1. The maximum absolute atomic E-state index is 13.0. The van der Waals surface area contributed by atoms with E-state index in [4.69, 9.17) is 32.3 Å². The van der Waals surface area contributed by atoms with E-state index in [0.29, 0.717) is 19.3 Å². The largest absolute Gasteiger partial charge is 0.472 e. The molecule has 0 aliphatic rings. The lowest BCUT2D eigenvalue weighted by Gasteiger charge is -2.21. The fourth-order valence-corrected chi connectivity index (χ4v) is 12.4. The van der Waals surface area contributed by atoms with E-state index >= 15 is 0 Å². The lowest BCUT2D eigenvalue weighted by Crippen LogP contribution is -2.30. The summed E-state index contributed by atoms with van der Waals surface area (Å²) in [4.78, 5) is 58.7. The first kappa shape index (κ1) is 100. The van der Waals surface area contributed by atoms with Crippen LogP contribution in [0.25, 0.3) is 0 Å². The fraction of sp³-hybridized carbons (Fsp3) is 0.690. The van der Waals surface area contributed by atoms with Crippen LogP contribution in [0.1, 0.15) is 329 Å². The van der Waals surface area contributed by atoms with Crippen molar-refractivity contribution < 1.29 is 75.8 Å². The number of phosphoric acid groups is 2. The second-order valence-electron chi connectivity index (χ2n) is 27.2. The van der Waals surface area contributed by atoms with Crippen molar-refractivity contribution in [1.82, 2.24) is 0 Å². The molecular weight excluding hydrogens is 1360 g/mol. The molecule has 16 nitrogen and oxygen atoms in total. The number of ether oxygens (including phenoxy) is 3. The Hall–Kier alpha value is -4.57. The van der Waals surface area contributed by atoms with E-state index in [1.54, 1.807) is 0 Å². The Balaban J connectivity index is 4.49. The van der Waals surface area contributed by atoms with Crippen molar-refractivity contribution in [3.63, 3.8) is 0 Å². The second kappa shape index (κ2) is 79.0. The third kappa shape index (κ3) is 80.3. The van der Waals surface area contributed by atoms with E-state index < -0.39 is 91.5 Å². The number of hydrogen-bond acceptors (Lipinski definition) is 14. The van der Waals surface area contributed by atoms with Crippen LogP contribution in [-0.4, -0.2) is 95.9 Å². The van der Waals surface area contributed by atoms with Gasteiger partial charge in [-0.1, -0.05) is 314 Å². The van der Waals surface area contributed by atoms with Gasteiger partial charge in [0.2, 0.25) is 0 Å². The monoisotopic (exact) mass is 1510 g/mol. The Morgan fingerprint density at radius 1 is 0.276 bits per heavy atom. The van der Waals surface area contributed by atoms with Crippen molar-refractivity contribution in [2.24, 2.45) is 0 Å². The zero-order valence-electron chi connectivity index (χ0n) is 65.9. The van der Waals surface area contributed by atoms with Crippen LogP contribution in [0.4, 0.5) is 0 Å². The number of carbonyl (C=O) groups excluding carboxylic acids is 3. The van der Waals surface area contributed by atoms with E-state index in [-0.39, 0.29) is 19.3 Å². The Labute approximate surface area is 638 Å². The molecule has 0 saturated heterocycles. The third-order valence-electron chi connectivity index (χ3n) is 17.0. The summed E-state index contributed by atoms with van der Waals surface area (Å²) in [5.74, 6) is -1.62. The lowest BCUT2D eigenvalue weighted by atomic mass is 10.0. The van der Waals surface area contributed by atoms with E-state index in [2.05, 4.69) is 167 Å². The second-order valence-corrected chi connectivity index (χ2v) is 30.1. The highest BCUT2D eigenvalue weighted by molar-refractivity contribution is 7.47. The molecule has 602 valence electrons. The number of allylic oxidation sites excluding steroid dienone is 24. The Morgan fingerprint density at radius 2 is 0.505 bits per heavy atom. The van der Waals surface area contributed by atoms with Crippen molar-refractivity contribution >= 4 is 33.6 Å². The SMILES string of the molecule is CC/C=C\C/C=C\C/C=C\C/C=C\C/C=C\CCCCCC(=O)OCC(COP(=O)(O)OCC(O)COP(=O)(O)OCC(O)COC(=O)CCCCCCCCCCCCCCCCCCC/C=C\C/C=C\C/C=C\C/C=C\CCCCC)OC(=O)CCCCCCCCC/C=C\C/C=C\C/C=C\CC. The molecule has 0 rings (SSSR count). The predicted octanol–water partition coefficient (Wildman–Crippen LogP) is 24.4. The zero-order valence-corrected chi connectivity index (χ0v) is 67.6. The molecule has 0 bridgehead atoms. The van der Waals surface area contributed by atoms with Crippen molar-refractivity contribution in [1.29, 1.82) is 0 Å². The van der Waals surface area contributed by atoms with Crippen LogP contribution in [-0.2, 0) is 55.8 Å². The van der Waals surface area contributed by atoms with Gasteiger partial charge in [0, 0.05) is 19.3 Å². The molecule has 0 radical (unpaired) electrons. The van der Waals surface area contributed by atoms with Gasteiger partial charge in [0.15, 0.2) is 6.10 Å². The smallest absolute Gasteiger partial charge is 0.463 e. The summed E-state index contributed by atoms with van der Waals surface area (Å²) < 4.78 is 61.2. The molecule has 18 heteroatoms. The Morgan fingerprint density at radius 3 is 0.810 bits per heavy atom. The number of esters is 3. The van der Waals surface area contributed by atoms with E-state index in [1.807, 2.05) is 0 Å². The number of phosphoric ester groups is 2. The maximum Gasteiger partial charge on any atom is 0.472 e. The molecule has 105 heavy (non-hydrogen) atoms. The zero-order chi connectivity index (χ0) is 76.6. The quantitative estimate of drug-likeness (QED) is 0.0146. The summed E-state index contributed by atoms with van der Waals surface area (Å²) in [5, 5.41) is 20.7. The van der Waals surface area contributed by atoms with Gasteiger partial charge in [-0.05, 0) is 141 Å². The minimum atomic E-state index is -4.95. The molecule has 4 N–H and O–H groups in total. The molecule has 0 aliphatic carbocycles. The molecule has 0 aromatic carbocycles. The molecule has 5 atom stereocenters. The highest BCUT2D eigenvalue weighted by Gasteiger charge is 2.29. The summed E-state index contributed by atoms with van der Waals surface area (Å²) in [6, 6.07) is 0. The molecule has 0 aromatic rings. The average Bonchev–Trinajstić information content (AvgIpc) is 0.915. The van der Waals surface area contributed by atoms with Crippen LogP contribution in [0.5, 0.6) is 0 Å². The number of aliphatic hydroxyl groups excluding tert-OH is 2. The van der Waals surface area contributed by atoms with Gasteiger partial charge in [-0.3, -0.25) is 32.5 Å². The van der Waals surface area contributed by atoms with Crippen LogP contribution >= 0.6 is 15.6 Å². The number of unbranched alkanes of at least 4 members (excludes halogenated alkanes) is 30. The number of rotatable bonds is 77. The molecule has 5 unspecified atom stereocenters. The summed E-state index contributed by atoms with van der Waals surface area (Å²) >= 11 is 0. The van der Waals surface area contributed by atoms with Crippen molar-refractivity contribution in [3.8, 4) is 0 Å². The molecule has 0 saturated carbocycles. The van der Waals surface area contributed by atoms with Crippen LogP contribution in [0.3, 0.4) is 0 Å². The molecule has 0 spiro atoms. The first-order chi connectivity index (χ1) is 51.2. The van der Waals surface area contributed by atoms with Crippen LogP contribution in [0, 0.1) is 0 Å². The molecule has 0 fully saturated rings. The highest BCUT2D eigenvalue weighted by atomic mass is 31.2. The van der Waals surface area contributed by atoms with Gasteiger partial charge in [0.05, 0.1) is 26.4 Å². The van der Waals surface area contributed by atoms with Gasteiger partial charge in [0.1, 0.15) is 25.4 Å². The minimum Gasteiger partial charge on any atom is -0.463 e. The standard InChI is InChI=1S/C87H148O16P2/c1-4-7-10-13-16-19-22-25-28-31-33-34-35-36-37-38-39-40-41-42-43-44-45-46-48-51-52-55-58-61-64-67-70-73-85(90)97-76-82(88)77-99-104(93,94)100-78-83(89)79-101-105(95,96)102-81-84(103-87(92)75-72-69-66-63-60-57-54-49-30-27-24-21-18-15-12-9-6-3)80-98-86(91)74-71-68-65-62-59-56-53-50-47-32-29-26-23-20-17-14-11-8-5-2/h8-9,11-12,16-21,25-30,33-34,36-37,47,50,56,59,82-84,88-89H,4-7,10,13-15,22-24,31-32,35,38-46,48-49,51-55,57-58,60-81H2,1-3H3,(H,93,94)(H,95,96)/b11-8-,12-9-,19-16-,20-17-,21-18-,28-25-,29-26-,30-27-,34-33-,37-36-,50-47-,59-56-. The molecule has 0 aliphatic heterocycles. The van der Waals surface area contributed by atoms with E-state index in [9.17, 15) is 43.5 Å². The predicted molar refractivity (Wildman–Crippen MR) is 436 cm³/mol. The molecular formula is C87H148O16P2. The fourth-order valence-electron chi connectivity index (χ4n) is 10.8. The van der Waals surface area contributed by atoms with Crippen molar-refractivity contribution in [2.75, 3.05) is 39.6 Å². The van der Waals surface area contributed by atoms with Crippen LogP contribution in [0.2, 0.25) is 0 Å². The van der Waals surface area contributed by atoms with E-state index in [1.165, 1.54) is 116 Å². The summed E-state index contributed by atoms with van der Waals surface area (Å²) in [6.45, 7) is 2.39. The van der Waals surface area contributed by atoms with Gasteiger partial charge in [-0.25, -0.2) is 9.13 Å². The summed E-state index contributed by atoms with van der Waals surface area (Å²) in [6.07, 6.45) is 97.6. The first-order valence-electron chi connectivity index (χ1n) is 41.1. The van der Waals surface area contributed by atoms with Gasteiger partial charge >= 0.3 is 33.6 Å². The maximum atomic E-state index is 13.0. The third-order valence-corrected chi connectivity index (χ3v) is 18.9. The van der Waals surface area contributed by atoms with Gasteiger partial charge in [0.25, 0.3) is 0 Å².